The molecule has 2 atom stereocenters. The highest BCUT2D eigenvalue weighted by molar-refractivity contribution is 5.87. The number of ether oxygens (including phenoxy) is 1. The largest absolute Gasteiger partial charge is 0.372 e. The molecule has 0 bridgehead atoms. The quantitative estimate of drug-likeness (QED) is 0.614. The molecular weight excluding hydrogens is 210 g/mol. The van der Waals surface area contributed by atoms with E-state index in [4.69, 9.17) is 15.7 Å². The first-order chi connectivity index (χ1) is 7.52. The summed E-state index contributed by atoms with van der Waals surface area (Å²) in [6, 6.07) is 1.10. The molecule has 0 saturated heterocycles. The Bertz CT molecular complexity index is 286. The van der Waals surface area contributed by atoms with Crippen molar-refractivity contribution in [2.45, 2.75) is 26.3 Å². The van der Waals surface area contributed by atoms with E-state index >= 15 is 0 Å². The normalized spacial score (nSPS) is 13.6. The number of primary amides is 1. The van der Waals surface area contributed by atoms with Crippen LogP contribution in [0, 0.1) is 17.2 Å². The van der Waals surface area contributed by atoms with Crippen LogP contribution in [0.15, 0.2) is 0 Å². The van der Waals surface area contributed by atoms with Gasteiger partial charge in [-0.3, -0.25) is 9.59 Å². The molecule has 6 heteroatoms. The zero-order valence-corrected chi connectivity index (χ0v) is 9.53. The zero-order chi connectivity index (χ0) is 12.6. The smallest absolute Gasteiger partial charge is 0.246 e. The Morgan fingerprint density at radius 3 is 2.62 bits per heavy atom. The number of hydrogen-bond acceptors (Lipinski definition) is 4. The lowest BCUT2D eigenvalue weighted by molar-refractivity contribution is -0.131. The van der Waals surface area contributed by atoms with Crippen LogP contribution in [0.2, 0.25) is 0 Å². The summed E-state index contributed by atoms with van der Waals surface area (Å²) in [5.74, 6) is -1.36. The van der Waals surface area contributed by atoms with Gasteiger partial charge in [0.25, 0.3) is 0 Å². The molecule has 0 aromatic rings. The van der Waals surface area contributed by atoms with Gasteiger partial charge in [-0.25, -0.2) is 0 Å². The van der Waals surface area contributed by atoms with E-state index < -0.39 is 17.9 Å². The second kappa shape index (κ2) is 7.65. The summed E-state index contributed by atoms with van der Waals surface area (Å²) in [6.45, 7) is 3.75. The Hall–Kier alpha value is -1.61. The van der Waals surface area contributed by atoms with Gasteiger partial charge in [0.1, 0.15) is 12.6 Å². The van der Waals surface area contributed by atoms with E-state index in [-0.39, 0.29) is 18.9 Å². The molecule has 0 aromatic carbocycles. The molecule has 0 rings (SSSR count). The van der Waals surface area contributed by atoms with Gasteiger partial charge in [0.2, 0.25) is 11.8 Å². The van der Waals surface area contributed by atoms with Crippen LogP contribution in [0.4, 0.5) is 0 Å². The van der Waals surface area contributed by atoms with E-state index in [1.807, 2.05) is 6.07 Å². The summed E-state index contributed by atoms with van der Waals surface area (Å²) in [5.41, 5.74) is 5.14. The first kappa shape index (κ1) is 14.4. The van der Waals surface area contributed by atoms with E-state index in [0.29, 0.717) is 6.61 Å². The monoisotopic (exact) mass is 227 g/mol. The van der Waals surface area contributed by atoms with Crippen molar-refractivity contribution >= 4 is 11.8 Å². The lowest BCUT2D eigenvalue weighted by Crippen LogP contribution is -2.49. The van der Waals surface area contributed by atoms with Crippen molar-refractivity contribution in [1.29, 1.82) is 5.26 Å². The second-order valence-corrected chi connectivity index (χ2v) is 3.42. The average molecular weight is 227 g/mol. The van der Waals surface area contributed by atoms with E-state index in [0.717, 1.165) is 0 Å². The number of nitrogens with zero attached hydrogens (tertiary/aromatic N) is 1. The molecule has 2 amide bonds. The van der Waals surface area contributed by atoms with Crippen molar-refractivity contribution in [1.82, 2.24) is 5.32 Å². The number of hydrogen-bond donors (Lipinski definition) is 2. The minimum atomic E-state index is -0.826. The molecule has 0 aromatic heterocycles. The van der Waals surface area contributed by atoms with Crippen LogP contribution < -0.4 is 11.1 Å². The Morgan fingerprint density at radius 2 is 2.19 bits per heavy atom. The number of carbonyl (C=O) groups is 2. The fourth-order valence-electron chi connectivity index (χ4n) is 1.17. The lowest BCUT2D eigenvalue weighted by Gasteiger charge is -2.20. The molecular formula is C10H17N3O3. The fourth-order valence-corrected chi connectivity index (χ4v) is 1.17. The highest BCUT2D eigenvalue weighted by atomic mass is 16.5. The number of amides is 2. The molecule has 6 nitrogen and oxygen atoms in total. The zero-order valence-electron chi connectivity index (χ0n) is 9.53. The third kappa shape index (κ3) is 5.32. The van der Waals surface area contributed by atoms with Crippen molar-refractivity contribution in [3.63, 3.8) is 0 Å². The van der Waals surface area contributed by atoms with Gasteiger partial charge in [-0.05, 0) is 12.8 Å². The third-order valence-corrected chi connectivity index (χ3v) is 2.04. The standard InChI is InChI=1S/C10H17N3O3/c1-3-16-6-8(14)13-9(10(12)15)7(2)4-5-11/h7,9H,3-4,6H2,1-2H3,(H2,12,15)(H,13,14)/t7-,9+/m0/s1. The Kier molecular flexibility index (Phi) is 6.88. The maximum Gasteiger partial charge on any atom is 0.246 e. The fraction of sp³-hybridized carbons (Fsp3) is 0.700. The number of nitrogens with two attached hydrogens (primary N) is 1. The Labute approximate surface area is 94.7 Å². The minimum Gasteiger partial charge on any atom is -0.372 e. The molecule has 0 aliphatic carbocycles. The Balaban J connectivity index is 4.29. The molecule has 0 unspecified atom stereocenters. The maximum absolute atomic E-state index is 11.3. The molecule has 16 heavy (non-hydrogen) atoms. The van der Waals surface area contributed by atoms with Crippen molar-refractivity contribution in [3.8, 4) is 6.07 Å². The summed E-state index contributed by atoms with van der Waals surface area (Å²) in [4.78, 5) is 22.4. The van der Waals surface area contributed by atoms with Crippen molar-refractivity contribution in [2.24, 2.45) is 11.7 Å². The number of nitrogens with one attached hydrogen (secondary N) is 1. The molecule has 0 heterocycles. The van der Waals surface area contributed by atoms with Crippen LogP contribution >= 0.6 is 0 Å². The van der Waals surface area contributed by atoms with Crippen LogP contribution in [-0.4, -0.2) is 31.1 Å². The molecule has 0 aliphatic rings. The van der Waals surface area contributed by atoms with Gasteiger partial charge in [-0.2, -0.15) is 5.26 Å². The molecule has 0 aliphatic heterocycles. The summed E-state index contributed by atoms with van der Waals surface area (Å²) >= 11 is 0. The predicted octanol–water partition coefficient (Wildman–Crippen LogP) is -0.457. The van der Waals surface area contributed by atoms with Crippen LogP contribution in [0.5, 0.6) is 0 Å². The number of carbonyl (C=O) groups excluding carboxylic acids is 2. The Morgan fingerprint density at radius 1 is 1.56 bits per heavy atom. The molecule has 0 fully saturated rings. The van der Waals surface area contributed by atoms with Gasteiger partial charge in [0, 0.05) is 13.0 Å². The number of nitriles is 1. The third-order valence-electron chi connectivity index (χ3n) is 2.04. The molecule has 90 valence electrons. The molecule has 0 saturated carbocycles. The van der Waals surface area contributed by atoms with E-state index in [1.54, 1.807) is 13.8 Å². The van der Waals surface area contributed by atoms with Gasteiger partial charge in [0.05, 0.1) is 6.07 Å². The van der Waals surface area contributed by atoms with Crippen LogP contribution in [-0.2, 0) is 14.3 Å². The lowest BCUT2D eigenvalue weighted by atomic mass is 9.98. The van der Waals surface area contributed by atoms with Gasteiger partial charge in [-0.1, -0.05) is 6.92 Å². The second-order valence-electron chi connectivity index (χ2n) is 3.42. The van der Waals surface area contributed by atoms with Gasteiger partial charge < -0.3 is 15.8 Å². The van der Waals surface area contributed by atoms with Crippen LogP contribution in [0.3, 0.4) is 0 Å². The summed E-state index contributed by atoms with van der Waals surface area (Å²) in [6.07, 6.45) is 0.155. The van der Waals surface area contributed by atoms with Crippen molar-refractivity contribution in [3.05, 3.63) is 0 Å². The topological polar surface area (TPSA) is 105 Å². The van der Waals surface area contributed by atoms with Crippen LogP contribution in [0.1, 0.15) is 20.3 Å². The van der Waals surface area contributed by atoms with Crippen LogP contribution in [0.25, 0.3) is 0 Å². The first-order valence-corrected chi connectivity index (χ1v) is 5.06. The molecule has 0 spiro atoms. The maximum atomic E-state index is 11.3. The van der Waals surface area contributed by atoms with Crippen molar-refractivity contribution in [2.75, 3.05) is 13.2 Å². The minimum absolute atomic E-state index is 0.112. The van der Waals surface area contributed by atoms with Crippen molar-refractivity contribution < 1.29 is 14.3 Å². The van der Waals surface area contributed by atoms with E-state index in [2.05, 4.69) is 5.32 Å². The first-order valence-electron chi connectivity index (χ1n) is 5.06. The SMILES string of the molecule is CCOCC(=O)N[C@@H](C(N)=O)[C@@H](C)CC#N. The molecule has 3 N–H and O–H groups in total. The number of rotatable bonds is 7. The summed E-state index contributed by atoms with van der Waals surface area (Å²) < 4.78 is 4.89. The van der Waals surface area contributed by atoms with Gasteiger partial charge in [0.15, 0.2) is 0 Å². The van der Waals surface area contributed by atoms with E-state index in [1.165, 1.54) is 0 Å². The summed E-state index contributed by atoms with van der Waals surface area (Å²) in [5, 5.41) is 10.9. The van der Waals surface area contributed by atoms with Gasteiger partial charge in [-0.15, -0.1) is 0 Å². The predicted molar refractivity (Wildman–Crippen MR) is 57.0 cm³/mol. The average Bonchev–Trinajstić information content (AvgIpc) is 2.22. The van der Waals surface area contributed by atoms with Gasteiger partial charge >= 0.3 is 0 Å². The highest BCUT2D eigenvalue weighted by Crippen LogP contribution is 2.06. The highest BCUT2D eigenvalue weighted by Gasteiger charge is 2.24. The molecule has 0 radical (unpaired) electrons. The van der Waals surface area contributed by atoms with E-state index in [9.17, 15) is 9.59 Å². The summed E-state index contributed by atoms with van der Waals surface area (Å²) in [7, 11) is 0.